The number of ether oxygens (including phenoxy) is 3. The summed E-state index contributed by atoms with van der Waals surface area (Å²) in [6.07, 6.45) is 0. The molecule has 6 nitrogen and oxygen atoms in total. The Hall–Kier alpha value is -3.43. The van der Waals surface area contributed by atoms with Gasteiger partial charge in [0.1, 0.15) is 29.8 Å². The van der Waals surface area contributed by atoms with Gasteiger partial charge in [-0.2, -0.15) is 5.26 Å². The van der Waals surface area contributed by atoms with Crippen LogP contribution in [0.1, 0.15) is 24.0 Å². The summed E-state index contributed by atoms with van der Waals surface area (Å²) in [5, 5.41) is 9.70. The van der Waals surface area contributed by atoms with Gasteiger partial charge in [0.05, 0.1) is 24.0 Å². The van der Waals surface area contributed by atoms with Crippen LogP contribution in [0.2, 0.25) is 0 Å². The molecule has 0 saturated carbocycles. The second-order valence-electron chi connectivity index (χ2n) is 6.46. The first-order chi connectivity index (χ1) is 14.6. The maximum absolute atomic E-state index is 12.7. The molecule has 0 fully saturated rings. The summed E-state index contributed by atoms with van der Waals surface area (Å²) < 4.78 is 16.5. The molecule has 0 bridgehead atoms. The van der Waals surface area contributed by atoms with Gasteiger partial charge in [-0.1, -0.05) is 42.5 Å². The molecule has 2 N–H and O–H groups in total. The molecule has 1 aliphatic rings. The number of esters is 1. The molecule has 0 saturated heterocycles. The summed E-state index contributed by atoms with van der Waals surface area (Å²) in [7, 11) is 0. The van der Waals surface area contributed by atoms with Crippen molar-refractivity contribution in [2.24, 2.45) is 5.73 Å². The Morgan fingerprint density at radius 1 is 1.23 bits per heavy atom. The topological polar surface area (TPSA) is 94.6 Å². The van der Waals surface area contributed by atoms with Crippen molar-refractivity contribution in [3.05, 3.63) is 88.5 Å². The molecule has 1 unspecified atom stereocenters. The lowest BCUT2D eigenvalue weighted by molar-refractivity contribution is -0.139. The highest BCUT2D eigenvalue weighted by molar-refractivity contribution is 6.19. The van der Waals surface area contributed by atoms with Crippen molar-refractivity contribution < 1.29 is 19.0 Å². The quantitative estimate of drug-likeness (QED) is 0.530. The van der Waals surface area contributed by atoms with Crippen LogP contribution in [0, 0.1) is 11.3 Å². The van der Waals surface area contributed by atoms with E-state index in [2.05, 4.69) is 6.07 Å². The summed E-state index contributed by atoms with van der Waals surface area (Å²) in [6.45, 7) is 2.26. The third kappa shape index (κ3) is 4.58. The lowest BCUT2D eigenvalue weighted by Gasteiger charge is -2.27. The standard InChI is InChI=1S/C23H21ClN2O4/c1-2-28-23(27)21-19(12-24)30-22(26)18(13-25)20(21)16-9-6-10-17(11-16)29-14-15-7-4-3-5-8-15/h3-11,20H,2,12,14,26H2,1H3. The van der Waals surface area contributed by atoms with Crippen molar-refractivity contribution >= 4 is 17.6 Å². The van der Waals surface area contributed by atoms with Gasteiger partial charge in [0.25, 0.3) is 0 Å². The van der Waals surface area contributed by atoms with E-state index >= 15 is 0 Å². The van der Waals surface area contributed by atoms with Gasteiger partial charge in [-0.15, -0.1) is 11.6 Å². The molecule has 2 aromatic rings. The number of nitrogens with two attached hydrogens (primary N) is 1. The second-order valence-corrected chi connectivity index (χ2v) is 6.73. The van der Waals surface area contributed by atoms with Gasteiger partial charge in [0, 0.05) is 0 Å². The van der Waals surface area contributed by atoms with Gasteiger partial charge in [0.2, 0.25) is 5.88 Å². The molecule has 7 heteroatoms. The van der Waals surface area contributed by atoms with Crippen LogP contribution < -0.4 is 10.5 Å². The number of rotatable bonds is 7. The Bertz CT molecular complexity index is 1020. The van der Waals surface area contributed by atoms with Crippen molar-refractivity contribution in [2.75, 3.05) is 12.5 Å². The van der Waals surface area contributed by atoms with Crippen molar-refractivity contribution in [3.63, 3.8) is 0 Å². The van der Waals surface area contributed by atoms with E-state index < -0.39 is 11.9 Å². The van der Waals surface area contributed by atoms with E-state index in [0.29, 0.717) is 17.9 Å². The summed E-state index contributed by atoms with van der Waals surface area (Å²) >= 11 is 6.00. The molecular formula is C23H21ClN2O4. The number of carbonyl (C=O) groups is 1. The molecule has 0 aliphatic carbocycles. The Balaban J connectivity index is 1.99. The van der Waals surface area contributed by atoms with Gasteiger partial charge in [-0.3, -0.25) is 0 Å². The molecule has 154 valence electrons. The van der Waals surface area contributed by atoms with Crippen molar-refractivity contribution in [1.29, 1.82) is 5.26 Å². The number of carbonyl (C=O) groups excluding carboxylic acids is 1. The first kappa shape index (κ1) is 21.3. The monoisotopic (exact) mass is 424 g/mol. The predicted octanol–water partition coefficient (Wildman–Crippen LogP) is 4.13. The van der Waals surface area contributed by atoms with Gasteiger partial charge in [0.15, 0.2) is 0 Å². The minimum atomic E-state index is -0.767. The van der Waals surface area contributed by atoms with E-state index in [1.807, 2.05) is 30.3 Å². The molecule has 0 amide bonds. The van der Waals surface area contributed by atoms with Crippen LogP contribution in [-0.2, 0) is 20.9 Å². The summed E-state index contributed by atoms with van der Waals surface area (Å²) in [6, 6.07) is 19.0. The van der Waals surface area contributed by atoms with Crippen LogP contribution >= 0.6 is 11.6 Å². The maximum Gasteiger partial charge on any atom is 0.338 e. The van der Waals surface area contributed by atoms with Crippen molar-refractivity contribution in [3.8, 4) is 11.8 Å². The van der Waals surface area contributed by atoms with Crippen LogP contribution in [0.5, 0.6) is 5.75 Å². The highest BCUT2D eigenvalue weighted by atomic mass is 35.5. The molecule has 1 heterocycles. The summed E-state index contributed by atoms with van der Waals surface area (Å²) in [5.74, 6) is -0.775. The number of benzene rings is 2. The number of hydrogen-bond acceptors (Lipinski definition) is 6. The smallest absolute Gasteiger partial charge is 0.338 e. The van der Waals surface area contributed by atoms with Crippen LogP contribution in [0.15, 0.2) is 77.4 Å². The van der Waals surface area contributed by atoms with Gasteiger partial charge in [-0.05, 0) is 30.2 Å². The third-order valence-corrected chi connectivity index (χ3v) is 4.80. The average molecular weight is 425 g/mol. The highest BCUT2D eigenvalue weighted by Gasteiger charge is 2.37. The van der Waals surface area contributed by atoms with Gasteiger partial charge in [-0.25, -0.2) is 4.79 Å². The largest absolute Gasteiger partial charge is 0.489 e. The molecule has 0 radical (unpaired) electrons. The molecule has 1 aliphatic heterocycles. The zero-order valence-corrected chi connectivity index (χ0v) is 17.2. The first-order valence-corrected chi connectivity index (χ1v) is 9.92. The van der Waals surface area contributed by atoms with E-state index in [9.17, 15) is 10.1 Å². The number of alkyl halides is 1. The molecule has 0 aromatic heterocycles. The number of nitrogens with zero attached hydrogens (tertiary/aromatic N) is 1. The SMILES string of the molecule is CCOC(=O)C1=C(CCl)OC(N)=C(C#N)C1c1cccc(OCc2ccccc2)c1. The number of allylic oxidation sites excluding steroid dienone is 2. The van der Waals surface area contributed by atoms with Gasteiger partial charge >= 0.3 is 5.97 Å². The van der Waals surface area contributed by atoms with E-state index in [0.717, 1.165) is 5.56 Å². The van der Waals surface area contributed by atoms with Gasteiger partial charge < -0.3 is 19.9 Å². The summed E-state index contributed by atoms with van der Waals surface area (Å²) in [5.41, 5.74) is 7.90. The fourth-order valence-electron chi connectivity index (χ4n) is 3.21. The Labute approximate surface area is 180 Å². The number of hydrogen-bond donors (Lipinski definition) is 1. The molecule has 1 atom stereocenters. The van der Waals surface area contributed by atoms with Crippen LogP contribution in [0.3, 0.4) is 0 Å². The molecule has 3 rings (SSSR count). The Morgan fingerprint density at radius 3 is 2.67 bits per heavy atom. The normalized spacial score (nSPS) is 16.0. The fourth-order valence-corrected chi connectivity index (χ4v) is 3.41. The lowest BCUT2D eigenvalue weighted by Crippen LogP contribution is -2.26. The van der Waals surface area contributed by atoms with E-state index in [-0.39, 0.29) is 35.3 Å². The first-order valence-electron chi connectivity index (χ1n) is 9.39. The highest BCUT2D eigenvalue weighted by Crippen LogP contribution is 2.40. The Morgan fingerprint density at radius 2 is 2.00 bits per heavy atom. The van der Waals surface area contributed by atoms with E-state index in [1.165, 1.54) is 0 Å². The average Bonchev–Trinajstić information content (AvgIpc) is 2.77. The second kappa shape index (κ2) is 9.86. The summed E-state index contributed by atoms with van der Waals surface area (Å²) in [4.78, 5) is 12.7. The minimum absolute atomic E-state index is 0.0817. The van der Waals surface area contributed by atoms with Crippen LogP contribution in [0.4, 0.5) is 0 Å². The van der Waals surface area contributed by atoms with Crippen LogP contribution in [-0.4, -0.2) is 18.5 Å². The predicted molar refractivity (Wildman–Crippen MR) is 112 cm³/mol. The molecular weight excluding hydrogens is 404 g/mol. The number of nitriles is 1. The fraction of sp³-hybridized carbons (Fsp3) is 0.217. The maximum atomic E-state index is 12.7. The zero-order chi connectivity index (χ0) is 21.5. The molecule has 2 aromatic carbocycles. The van der Waals surface area contributed by atoms with Crippen LogP contribution in [0.25, 0.3) is 0 Å². The van der Waals surface area contributed by atoms with E-state index in [4.69, 9.17) is 31.5 Å². The number of halogens is 1. The zero-order valence-electron chi connectivity index (χ0n) is 16.4. The third-order valence-electron chi connectivity index (χ3n) is 4.55. The molecule has 0 spiro atoms. The van der Waals surface area contributed by atoms with Crippen molar-refractivity contribution in [2.45, 2.75) is 19.4 Å². The molecule has 30 heavy (non-hydrogen) atoms. The van der Waals surface area contributed by atoms with Crippen molar-refractivity contribution in [1.82, 2.24) is 0 Å². The van der Waals surface area contributed by atoms with E-state index in [1.54, 1.807) is 31.2 Å². The lowest BCUT2D eigenvalue weighted by atomic mass is 9.83. The Kier molecular flexibility index (Phi) is 6.99. The minimum Gasteiger partial charge on any atom is -0.489 e.